The third kappa shape index (κ3) is 7.45. The Hall–Kier alpha value is -1.59. The van der Waals surface area contributed by atoms with Gasteiger partial charge in [0.1, 0.15) is 0 Å². The number of benzene rings is 1. The van der Waals surface area contributed by atoms with Crippen LogP contribution in [0.1, 0.15) is 44.7 Å². The second-order valence-electron chi connectivity index (χ2n) is 7.29. The van der Waals surface area contributed by atoms with Gasteiger partial charge in [-0.1, -0.05) is 38.1 Å². The lowest BCUT2D eigenvalue weighted by molar-refractivity contribution is 0.0792. The molecule has 0 aliphatic carbocycles. The third-order valence-corrected chi connectivity index (χ3v) is 4.43. The molecule has 1 aromatic carbocycles. The van der Waals surface area contributed by atoms with Gasteiger partial charge < -0.3 is 15.7 Å². The Balaban J connectivity index is 1.84. The maximum Gasteiger partial charge on any atom is 0.191 e. The highest BCUT2D eigenvalue weighted by Gasteiger charge is 2.16. The Labute approximate surface area is 152 Å². The average Bonchev–Trinajstić information content (AvgIpc) is 2.60. The highest BCUT2D eigenvalue weighted by atomic mass is 16.3. The lowest BCUT2D eigenvalue weighted by atomic mass is 10.1. The summed E-state index contributed by atoms with van der Waals surface area (Å²) in [7, 11) is 0. The molecule has 140 valence electrons. The predicted molar refractivity (Wildman–Crippen MR) is 105 cm³/mol. The lowest BCUT2D eigenvalue weighted by Crippen LogP contribution is -2.39. The Kier molecular flexibility index (Phi) is 8.22. The minimum atomic E-state index is -0.105. The number of aliphatic hydroxyl groups excluding tert-OH is 1. The number of aliphatic hydroxyl groups is 1. The van der Waals surface area contributed by atoms with Crippen molar-refractivity contribution in [3.8, 4) is 0 Å². The van der Waals surface area contributed by atoms with Crippen LogP contribution in [0, 0.1) is 5.92 Å². The first kappa shape index (κ1) is 19.7. The zero-order valence-corrected chi connectivity index (χ0v) is 16.0. The van der Waals surface area contributed by atoms with E-state index in [-0.39, 0.29) is 6.10 Å². The van der Waals surface area contributed by atoms with Gasteiger partial charge in [-0.2, -0.15) is 0 Å². The molecule has 0 amide bonds. The summed E-state index contributed by atoms with van der Waals surface area (Å²) in [6.07, 6.45) is 1.68. The number of aliphatic imine (C=N–C) groups is 1. The van der Waals surface area contributed by atoms with Crippen molar-refractivity contribution >= 4 is 5.96 Å². The molecule has 1 fully saturated rings. The fourth-order valence-corrected chi connectivity index (χ4v) is 2.90. The van der Waals surface area contributed by atoms with E-state index in [4.69, 9.17) is 0 Å². The van der Waals surface area contributed by atoms with Crippen molar-refractivity contribution in [1.82, 2.24) is 15.5 Å². The lowest BCUT2D eigenvalue weighted by Gasteiger charge is -2.29. The van der Waals surface area contributed by atoms with Crippen LogP contribution in [0.5, 0.6) is 0 Å². The van der Waals surface area contributed by atoms with Crippen LogP contribution >= 0.6 is 0 Å². The molecule has 25 heavy (non-hydrogen) atoms. The molecule has 5 heteroatoms. The predicted octanol–water partition coefficient (Wildman–Crippen LogP) is 2.35. The quantitative estimate of drug-likeness (QED) is 0.524. The molecule has 0 spiro atoms. The van der Waals surface area contributed by atoms with Crippen LogP contribution in [0.25, 0.3) is 0 Å². The van der Waals surface area contributed by atoms with Crippen molar-refractivity contribution in [2.75, 3.05) is 26.2 Å². The van der Waals surface area contributed by atoms with Crippen molar-refractivity contribution < 1.29 is 5.11 Å². The van der Waals surface area contributed by atoms with Crippen LogP contribution in [0.4, 0.5) is 0 Å². The Bertz CT molecular complexity index is 519. The molecule has 3 N–H and O–H groups in total. The van der Waals surface area contributed by atoms with E-state index in [1.165, 1.54) is 11.1 Å². The number of nitrogens with one attached hydrogen (secondary N) is 2. The fraction of sp³-hybridized carbons (Fsp3) is 0.650. The van der Waals surface area contributed by atoms with Crippen LogP contribution in [0.15, 0.2) is 29.3 Å². The molecule has 0 aromatic heterocycles. The Morgan fingerprint density at radius 3 is 2.40 bits per heavy atom. The van der Waals surface area contributed by atoms with Crippen LogP contribution < -0.4 is 10.6 Å². The van der Waals surface area contributed by atoms with Gasteiger partial charge in [0.15, 0.2) is 5.96 Å². The van der Waals surface area contributed by atoms with Gasteiger partial charge >= 0.3 is 0 Å². The van der Waals surface area contributed by atoms with Gasteiger partial charge in [-0.05, 0) is 36.8 Å². The SMILES string of the molecule is CCNC(=NCc1ccc(CN2CCC(O)CC2)cc1)NCC(C)C. The summed E-state index contributed by atoms with van der Waals surface area (Å²) in [4.78, 5) is 7.08. The molecule has 0 atom stereocenters. The zero-order chi connectivity index (χ0) is 18.1. The molecule has 2 rings (SSSR count). The van der Waals surface area contributed by atoms with Crippen LogP contribution in [0.3, 0.4) is 0 Å². The van der Waals surface area contributed by atoms with Gasteiger partial charge in [0.25, 0.3) is 0 Å². The second kappa shape index (κ2) is 10.4. The molecule has 0 saturated carbocycles. The van der Waals surface area contributed by atoms with Gasteiger partial charge in [-0.3, -0.25) is 4.90 Å². The van der Waals surface area contributed by atoms with Crippen molar-refractivity contribution in [3.05, 3.63) is 35.4 Å². The summed E-state index contributed by atoms with van der Waals surface area (Å²) in [5, 5.41) is 16.3. The first-order chi connectivity index (χ1) is 12.1. The monoisotopic (exact) mass is 346 g/mol. The molecule has 0 bridgehead atoms. The highest BCUT2D eigenvalue weighted by molar-refractivity contribution is 5.79. The van der Waals surface area contributed by atoms with Gasteiger partial charge in [0, 0.05) is 32.7 Å². The number of guanidine groups is 1. The zero-order valence-electron chi connectivity index (χ0n) is 16.0. The topological polar surface area (TPSA) is 59.9 Å². The summed E-state index contributed by atoms with van der Waals surface area (Å²) < 4.78 is 0. The molecular weight excluding hydrogens is 312 g/mol. The minimum Gasteiger partial charge on any atom is -0.393 e. The summed E-state index contributed by atoms with van der Waals surface area (Å²) in [6, 6.07) is 8.74. The molecule has 0 radical (unpaired) electrons. The van der Waals surface area contributed by atoms with E-state index in [1.54, 1.807) is 0 Å². The molecule has 0 unspecified atom stereocenters. The van der Waals surface area contributed by atoms with Crippen molar-refractivity contribution in [3.63, 3.8) is 0 Å². The van der Waals surface area contributed by atoms with E-state index in [1.807, 2.05) is 0 Å². The molecule has 1 aromatic rings. The highest BCUT2D eigenvalue weighted by Crippen LogP contribution is 2.14. The summed E-state index contributed by atoms with van der Waals surface area (Å²) in [5.74, 6) is 1.48. The van der Waals surface area contributed by atoms with Crippen molar-refractivity contribution in [1.29, 1.82) is 0 Å². The fourth-order valence-electron chi connectivity index (χ4n) is 2.90. The van der Waals surface area contributed by atoms with E-state index in [2.05, 4.69) is 65.6 Å². The summed E-state index contributed by atoms with van der Waals surface area (Å²) >= 11 is 0. The van der Waals surface area contributed by atoms with Crippen LogP contribution in [-0.2, 0) is 13.1 Å². The number of nitrogens with zero attached hydrogens (tertiary/aromatic N) is 2. The van der Waals surface area contributed by atoms with Crippen LogP contribution in [0.2, 0.25) is 0 Å². The van der Waals surface area contributed by atoms with Gasteiger partial charge in [-0.15, -0.1) is 0 Å². The maximum absolute atomic E-state index is 9.59. The molecular formula is C20H34N4O. The number of hydrogen-bond acceptors (Lipinski definition) is 3. The number of piperidine rings is 1. The first-order valence-electron chi connectivity index (χ1n) is 9.57. The molecule has 1 saturated heterocycles. The maximum atomic E-state index is 9.59. The summed E-state index contributed by atoms with van der Waals surface area (Å²) in [6.45, 7) is 11.9. The van der Waals surface area contributed by atoms with Gasteiger partial charge in [0.05, 0.1) is 12.6 Å². The third-order valence-electron chi connectivity index (χ3n) is 4.43. The first-order valence-corrected chi connectivity index (χ1v) is 9.57. The smallest absolute Gasteiger partial charge is 0.191 e. The van der Waals surface area contributed by atoms with E-state index in [0.717, 1.165) is 51.5 Å². The van der Waals surface area contributed by atoms with Crippen LogP contribution in [-0.4, -0.2) is 48.2 Å². The number of hydrogen-bond donors (Lipinski definition) is 3. The number of likely N-dealkylation sites (tertiary alicyclic amines) is 1. The standard InChI is InChI=1S/C20H34N4O/c1-4-21-20(22-13-16(2)3)23-14-17-5-7-18(8-6-17)15-24-11-9-19(25)10-12-24/h5-8,16,19,25H,4,9-15H2,1-3H3,(H2,21,22,23). The molecule has 5 nitrogen and oxygen atoms in total. The van der Waals surface area contributed by atoms with Gasteiger partial charge in [0.2, 0.25) is 0 Å². The van der Waals surface area contributed by atoms with E-state index < -0.39 is 0 Å². The normalized spacial score (nSPS) is 17.1. The Morgan fingerprint density at radius 1 is 1.16 bits per heavy atom. The number of rotatable bonds is 7. The second-order valence-corrected chi connectivity index (χ2v) is 7.29. The van der Waals surface area contributed by atoms with E-state index in [9.17, 15) is 5.11 Å². The van der Waals surface area contributed by atoms with E-state index >= 15 is 0 Å². The molecule has 1 aliphatic rings. The largest absolute Gasteiger partial charge is 0.393 e. The van der Waals surface area contributed by atoms with Crippen molar-refractivity contribution in [2.45, 2.75) is 52.8 Å². The van der Waals surface area contributed by atoms with Gasteiger partial charge in [-0.25, -0.2) is 4.99 Å². The molecule has 1 aliphatic heterocycles. The summed E-state index contributed by atoms with van der Waals surface area (Å²) in [5.41, 5.74) is 2.55. The van der Waals surface area contributed by atoms with Crippen molar-refractivity contribution in [2.24, 2.45) is 10.9 Å². The molecule has 1 heterocycles. The Morgan fingerprint density at radius 2 is 1.80 bits per heavy atom. The average molecular weight is 347 g/mol. The minimum absolute atomic E-state index is 0.105. The van der Waals surface area contributed by atoms with E-state index in [0.29, 0.717) is 12.5 Å².